The summed E-state index contributed by atoms with van der Waals surface area (Å²) in [6, 6.07) is 2.93. The summed E-state index contributed by atoms with van der Waals surface area (Å²) in [5, 5.41) is 3.43. The Labute approximate surface area is 102 Å². The molecule has 2 aliphatic rings. The highest BCUT2D eigenvalue weighted by Crippen LogP contribution is 2.31. The van der Waals surface area contributed by atoms with E-state index in [4.69, 9.17) is 0 Å². The Morgan fingerprint density at radius 3 is 3.00 bits per heavy atom. The number of rotatable bonds is 4. The molecule has 17 heavy (non-hydrogen) atoms. The van der Waals surface area contributed by atoms with E-state index in [2.05, 4.69) is 20.2 Å². The molecule has 4 heteroatoms. The fraction of sp³-hybridized carbons (Fsp3) is 0.692. The van der Waals surface area contributed by atoms with Crippen LogP contribution in [0.2, 0.25) is 0 Å². The summed E-state index contributed by atoms with van der Waals surface area (Å²) in [6.07, 6.45) is 5.80. The molecule has 4 nitrogen and oxygen atoms in total. The first-order valence-corrected chi connectivity index (χ1v) is 6.58. The molecule has 1 aliphatic heterocycles. The second-order valence-electron chi connectivity index (χ2n) is 5.31. The largest absolute Gasteiger partial charge is 0.370 e. The molecule has 1 aromatic heterocycles. The molecule has 3 rings (SSSR count). The lowest BCUT2D eigenvalue weighted by atomic mass is 10.1. The van der Waals surface area contributed by atoms with Crippen molar-refractivity contribution in [3.05, 3.63) is 18.1 Å². The lowest BCUT2D eigenvalue weighted by Gasteiger charge is -2.15. The van der Waals surface area contributed by atoms with Gasteiger partial charge in [0.25, 0.3) is 0 Å². The Hall–Kier alpha value is -1.16. The first kappa shape index (κ1) is 11.0. The molecule has 0 amide bonds. The normalized spacial score (nSPS) is 25.1. The van der Waals surface area contributed by atoms with Crippen LogP contribution >= 0.6 is 0 Å². The second-order valence-corrected chi connectivity index (χ2v) is 5.31. The first-order valence-electron chi connectivity index (χ1n) is 6.58. The van der Waals surface area contributed by atoms with Crippen LogP contribution in [0.3, 0.4) is 0 Å². The summed E-state index contributed by atoms with van der Waals surface area (Å²) in [7, 11) is 0. The minimum Gasteiger partial charge on any atom is -0.370 e. The van der Waals surface area contributed by atoms with Crippen molar-refractivity contribution in [1.29, 1.82) is 0 Å². The number of nitrogens with one attached hydrogen (secondary N) is 1. The maximum atomic E-state index is 4.23. The van der Waals surface area contributed by atoms with Crippen molar-refractivity contribution >= 4 is 5.82 Å². The van der Waals surface area contributed by atoms with Crippen molar-refractivity contribution in [2.45, 2.75) is 32.2 Å². The third kappa shape index (κ3) is 2.75. The maximum absolute atomic E-state index is 4.23. The van der Waals surface area contributed by atoms with Crippen LogP contribution in [0.4, 0.5) is 5.82 Å². The van der Waals surface area contributed by atoms with Gasteiger partial charge in [0.2, 0.25) is 0 Å². The lowest BCUT2D eigenvalue weighted by Crippen LogP contribution is -2.24. The van der Waals surface area contributed by atoms with E-state index < -0.39 is 0 Å². The Morgan fingerprint density at radius 2 is 2.24 bits per heavy atom. The fourth-order valence-electron chi connectivity index (χ4n) is 2.60. The van der Waals surface area contributed by atoms with Crippen LogP contribution in [0.5, 0.6) is 0 Å². The van der Waals surface area contributed by atoms with Crippen LogP contribution in [0.1, 0.15) is 25.0 Å². The molecule has 2 heterocycles. The highest BCUT2D eigenvalue weighted by atomic mass is 15.2. The summed E-state index contributed by atoms with van der Waals surface area (Å²) in [4.78, 5) is 11.0. The van der Waals surface area contributed by atoms with Gasteiger partial charge in [-0.15, -0.1) is 0 Å². The van der Waals surface area contributed by atoms with Crippen LogP contribution in [0, 0.1) is 12.8 Å². The summed E-state index contributed by atoms with van der Waals surface area (Å²) in [6.45, 7) is 5.60. The monoisotopic (exact) mass is 232 g/mol. The molecule has 0 aromatic carbocycles. The molecule has 0 bridgehead atoms. The van der Waals surface area contributed by atoms with Gasteiger partial charge in [0.1, 0.15) is 12.1 Å². The quantitative estimate of drug-likeness (QED) is 0.857. The minimum absolute atomic E-state index is 0.783. The molecule has 1 unspecified atom stereocenters. The average molecular weight is 232 g/mol. The van der Waals surface area contributed by atoms with Gasteiger partial charge in [-0.1, -0.05) is 0 Å². The number of likely N-dealkylation sites (tertiary alicyclic amines) is 1. The Morgan fingerprint density at radius 1 is 1.35 bits per heavy atom. The van der Waals surface area contributed by atoms with Gasteiger partial charge in [-0.25, -0.2) is 9.97 Å². The average Bonchev–Trinajstić information content (AvgIpc) is 3.07. The lowest BCUT2D eigenvalue weighted by molar-refractivity contribution is 0.316. The van der Waals surface area contributed by atoms with Crippen molar-refractivity contribution in [3.63, 3.8) is 0 Å². The number of hydrogen-bond acceptors (Lipinski definition) is 4. The van der Waals surface area contributed by atoms with E-state index in [1.165, 1.54) is 32.4 Å². The SMILES string of the molecule is Cc1cc(NCC2CCN(C3CC3)C2)ncn1. The third-order valence-electron chi connectivity index (χ3n) is 3.76. The molecule has 1 aromatic rings. The molecular weight excluding hydrogens is 212 g/mol. The van der Waals surface area contributed by atoms with Crippen molar-refractivity contribution in [3.8, 4) is 0 Å². The zero-order chi connectivity index (χ0) is 11.7. The fourth-order valence-corrected chi connectivity index (χ4v) is 2.60. The van der Waals surface area contributed by atoms with Gasteiger partial charge in [0, 0.05) is 30.9 Å². The van der Waals surface area contributed by atoms with E-state index in [9.17, 15) is 0 Å². The smallest absolute Gasteiger partial charge is 0.129 e. The molecule has 0 spiro atoms. The van der Waals surface area contributed by atoms with E-state index in [0.717, 1.165) is 30.0 Å². The standard InChI is InChI=1S/C13H20N4/c1-10-6-13(16-9-15-10)14-7-11-4-5-17(8-11)12-2-3-12/h6,9,11-12H,2-5,7-8H2,1H3,(H,14,15,16). The van der Waals surface area contributed by atoms with Gasteiger partial charge in [-0.3, -0.25) is 0 Å². The van der Waals surface area contributed by atoms with Gasteiger partial charge in [0.15, 0.2) is 0 Å². The molecule has 2 fully saturated rings. The summed E-state index contributed by atoms with van der Waals surface area (Å²) < 4.78 is 0. The molecule has 0 radical (unpaired) electrons. The van der Waals surface area contributed by atoms with Crippen molar-refractivity contribution < 1.29 is 0 Å². The van der Waals surface area contributed by atoms with Crippen LogP contribution in [-0.4, -0.2) is 40.5 Å². The third-order valence-corrected chi connectivity index (χ3v) is 3.76. The summed E-state index contributed by atoms with van der Waals surface area (Å²) in [5.41, 5.74) is 1.02. The predicted molar refractivity (Wildman–Crippen MR) is 68.0 cm³/mol. The number of aromatic nitrogens is 2. The highest BCUT2D eigenvalue weighted by molar-refractivity contribution is 5.34. The van der Waals surface area contributed by atoms with E-state index >= 15 is 0 Å². The highest BCUT2D eigenvalue weighted by Gasteiger charge is 2.34. The van der Waals surface area contributed by atoms with Crippen LogP contribution in [0.15, 0.2) is 12.4 Å². The van der Waals surface area contributed by atoms with Gasteiger partial charge in [-0.2, -0.15) is 0 Å². The van der Waals surface area contributed by atoms with Crippen LogP contribution in [0.25, 0.3) is 0 Å². The molecule has 1 saturated carbocycles. The Balaban J connectivity index is 1.48. The van der Waals surface area contributed by atoms with Gasteiger partial charge in [-0.05, 0) is 38.6 Å². The summed E-state index contributed by atoms with van der Waals surface area (Å²) in [5.74, 6) is 1.74. The molecule has 1 atom stereocenters. The van der Waals surface area contributed by atoms with E-state index in [1.807, 2.05) is 13.0 Å². The number of hydrogen-bond donors (Lipinski definition) is 1. The van der Waals surface area contributed by atoms with E-state index in [1.54, 1.807) is 6.33 Å². The van der Waals surface area contributed by atoms with Crippen molar-refractivity contribution in [2.24, 2.45) is 5.92 Å². The van der Waals surface area contributed by atoms with Crippen molar-refractivity contribution in [2.75, 3.05) is 25.0 Å². The van der Waals surface area contributed by atoms with Crippen molar-refractivity contribution in [1.82, 2.24) is 14.9 Å². The van der Waals surface area contributed by atoms with Gasteiger partial charge in [0.05, 0.1) is 0 Å². The van der Waals surface area contributed by atoms with Gasteiger partial charge < -0.3 is 10.2 Å². The minimum atomic E-state index is 0.783. The molecular formula is C13H20N4. The van der Waals surface area contributed by atoms with Gasteiger partial charge >= 0.3 is 0 Å². The number of anilines is 1. The predicted octanol–water partition coefficient (Wildman–Crippen LogP) is 1.68. The summed E-state index contributed by atoms with van der Waals surface area (Å²) >= 11 is 0. The van der Waals surface area contributed by atoms with Crippen LogP contribution < -0.4 is 5.32 Å². The molecule has 1 aliphatic carbocycles. The van der Waals surface area contributed by atoms with Crippen LogP contribution in [-0.2, 0) is 0 Å². The topological polar surface area (TPSA) is 41.0 Å². The molecule has 1 saturated heterocycles. The van der Waals surface area contributed by atoms with E-state index in [-0.39, 0.29) is 0 Å². The zero-order valence-electron chi connectivity index (χ0n) is 10.4. The molecule has 92 valence electrons. The number of aryl methyl sites for hydroxylation is 1. The van der Waals surface area contributed by atoms with E-state index in [0.29, 0.717) is 0 Å². The molecule has 1 N–H and O–H groups in total. The Bertz CT molecular complexity index is 389. The maximum Gasteiger partial charge on any atom is 0.129 e. The first-order chi connectivity index (χ1) is 8.31. The second kappa shape index (κ2) is 4.61. The Kier molecular flexibility index (Phi) is 2.97. The zero-order valence-corrected chi connectivity index (χ0v) is 10.4. The number of nitrogens with zero attached hydrogens (tertiary/aromatic N) is 3.